The molecule has 0 atom stereocenters. The number of hydrogen-bond acceptors (Lipinski definition) is 2. The second-order valence-corrected chi connectivity index (χ2v) is 5.81. The van der Waals surface area contributed by atoms with E-state index in [0.29, 0.717) is 5.56 Å². The van der Waals surface area contributed by atoms with Crippen molar-refractivity contribution in [2.24, 2.45) is 5.41 Å². The zero-order valence-corrected chi connectivity index (χ0v) is 12.6. The van der Waals surface area contributed by atoms with Gasteiger partial charge in [0.25, 0.3) is 0 Å². The van der Waals surface area contributed by atoms with Gasteiger partial charge in [-0.25, -0.2) is 0 Å². The van der Waals surface area contributed by atoms with Gasteiger partial charge in [-0.15, -0.1) is 0 Å². The Morgan fingerprint density at radius 3 is 2.05 bits per heavy atom. The number of benzene rings is 1. The van der Waals surface area contributed by atoms with Crippen LogP contribution in [0.5, 0.6) is 0 Å². The van der Waals surface area contributed by atoms with Crippen LogP contribution in [0, 0.1) is 5.41 Å². The van der Waals surface area contributed by atoms with E-state index in [2.05, 4.69) is 0 Å². The van der Waals surface area contributed by atoms with Gasteiger partial charge in [-0.1, -0.05) is 26.0 Å². The molecule has 0 saturated carbocycles. The molecule has 0 spiro atoms. The number of alkyl halides is 3. The Hall–Kier alpha value is -2.05. The lowest BCUT2D eigenvalue weighted by atomic mass is 9.84. The van der Waals surface area contributed by atoms with Gasteiger partial charge in [-0.2, -0.15) is 13.2 Å². The molecule has 0 heterocycles. The number of likely N-dealkylation sites (N-methyl/N-ethyl adjacent to an activating group) is 1. The average Bonchev–Trinajstić information content (AvgIpc) is 2.36. The van der Waals surface area contributed by atoms with Gasteiger partial charge in [-0.05, 0) is 24.1 Å². The molecule has 0 unspecified atom stereocenters. The Morgan fingerprint density at radius 2 is 1.64 bits per heavy atom. The largest absolute Gasteiger partial charge is 0.480 e. The van der Waals surface area contributed by atoms with Crippen molar-refractivity contribution in [2.75, 3.05) is 13.6 Å². The van der Waals surface area contributed by atoms with Crippen molar-refractivity contribution >= 4 is 11.9 Å². The number of halogens is 3. The lowest BCUT2D eigenvalue weighted by Gasteiger charge is -2.28. The van der Waals surface area contributed by atoms with E-state index in [1.165, 1.54) is 19.2 Å². The number of nitrogens with zero attached hydrogens (tertiary/aromatic N) is 1. The summed E-state index contributed by atoms with van der Waals surface area (Å²) >= 11 is 0. The fourth-order valence-electron chi connectivity index (χ4n) is 2.19. The van der Waals surface area contributed by atoms with Crippen LogP contribution in [0.25, 0.3) is 0 Å². The van der Waals surface area contributed by atoms with E-state index in [1.54, 1.807) is 13.8 Å². The predicted molar refractivity (Wildman–Crippen MR) is 74.2 cm³/mol. The average molecular weight is 317 g/mol. The van der Waals surface area contributed by atoms with E-state index in [4.69, 9.17) is 5.11 Å². The Bertz CT molecular complexity index is 550. The lowest BCUT2D eigenvalue weighted by Crippen LogP contribution is -2.42. The Labute approximate surface area is 126 Å². The summed E-state index contributed by atoms with van der Waals surface area (Å²) in [6.45, 7) is 2.84. The van der Waals surface area contributed by atoms with Gasteiger partial charge < -0.3 is 10.0 Å². The summed E-state index contributed by atoms with van der Waals surface area (Å²) in [7, 11) is 1.38. The van der Waals surface area contributed by atoms with Crippen molar-refractivity contribution in [3.05, 3.63) is 35.4 Å². The van der Waals surface area contributed by atoms with Crippen molar-refractivity contribution in [1.82, 2.24) is 4.90 Å². The molecule has 0 saturated heterocycles. The van der Waals surface area contributed by atoms with Crippen molar-refractivity contribution in [3.63, 3.8) is 0 Å². The summed E-state index contributed by atoms with van der Waals surface area (Å²) in [6.07, 6.45) is -4.18. The molecule has 1 amide bonds. The molecule has 1 rings (SSSR count). The van der Waals surface area contributed by atoms with E-state index < -0.39 is 29.7 Å². The van der Waals surface area contributed by atoms with Crippen LogP contribution < -0.4 is 0 Å². The van der Waals surface area contributed by atoms with E-state index in [0.717, 1.165) is 17.0 Å². The van der Waals surface area contributed by atoms with Gasteiger partial charge in [0.15, 0.2) is 0 Å². The highest BCUT2D eigenvalue weighted by molar-refractivity contribution is 5.85. The van der Waals surface area contributed by atoms with E-state index in [-0.39, 0.29) is 12.3 Å². The highest BCUT2D eigenvalue weighted by Crippen LogP contribution is 2.30. The summed E-state index contributed by atoms with van der Waals surface area (Å²) < 4.78 is 37.5. The Morgan fingerprint density at radius 1 is 1.14 bits per heavy atom. The first kappa shape index (κ1) is 18.0. The van der Waals surface area contributed by atoms with Crippen LogP contribution in [0.15, 0.2) is 24.3 Å². The number of hydrogen-bond donors (Lipinski definition) is 1. The molecule has 7 heteroatoms. The molecular weight excluding hydrogens is 299 g/mol. The first-order chi connectivity index (χ1) is 9.93. The fourth-order valence-corrected chi connectivity index (χ4v) is 2.19. The zero-order chi connectivity index (χ0) is 17.1. The van der Waals surface area contributed by atoms with Gasteiger partial charge in [0, 0.05) is 12.5 Å². The van der Waals surface area contributed by atoms with E-state index in [1.807, 2.05) is 0 Å². The van der Waals surface area contributed by atoms with Crippen LogP contribution in [0.1, 0.15) is 25.0 Å². The molecule has 0 bridgehead atoms. The van der Waals surface area contributed by atoms with Crippen molar-refractivity contribution < 1.29 is 27.9 Å². The predicted octanol–water partition coefficient (Wildman–Crippen LogP) is 2.82. The van der Waals surface area contributed by atoms with Crippen molar-refractivity contribution in [1.29, 1.82) is 0 Å². The molecule has 0 aliphatic rings. The molecule has 0 aromatic heterocycles. The van der Waals surface area contributed by atoms with E-state index >= 15 is 0 Å². The monoisotopic (exact) mass is 317 g/mol. The molecule has 1 aromatic carbocycles. The maximum atomic E-state index is 12.5. The van der Waals surface area contributed by atoms with Gasteiger partial charge in [0.2, 0.25) is 5.91 Å². The van der Waals surface area contributed by atoms with Gasteiger partial charge in [0.1, 0.15) is 6.54 Å². The quantitative estimate of drug-likeness (QED) is 0.908. The second kappa shape index (κ2) is 6.37. The molecule has 0 radical (unpaired) electrons. The number of aliphatic carboxylic acids is 1. The topological polar surface area (TPSA) is 57.6 Å². The van der Waals surface area contributed by atoms with Crippen molar-refractivity contribution in [2.45, 2.75) is 26.4 Å². The molecule has 1 N–H and O–H groups in total. The highest BCUT2D eigenvalue weighted by atomic mass is 19.4. The molecule has 122 valence electrons. The summed E-state index contributed by atoms with van der Waals surface area (Å²) in [5.41, 5.74) is -1.08. The zero-order valence-electron chi connectivity index (χ0n) is 12.6. The smallest absolute Gasteiger partial charge is 0.416 e. The first-order valence-corrected chi connectivity index (χ1v) is 6.57. The molecule has 0 fully saturated rings. The van der Waals surface area contributed by atoms with Crippen LogP contribution in [0.4, 0.5) is 13.2 Å². The number of carboxylic acids is 1. The van der Waals surface area contributed by atoms with Crippen LogP contribution in [0.2, 0.25) is 0 Å². The summed E-state index contributed by atoms with van der Waals surface area (Å²) in [6, 6.07) is 4.60. The number of carbonyl (C=O) groups is 2. The summed E-state index contributed by atoms with van der Waals surface area (Å²) in [5.74, 6) is -1.50. The van der Waals surface area contributed by atoms with Gasteiger partial charge in [-0.3, -0.25) is 9.59 Å². The normalized spacial score (nSPS) is 12.1. The highest BCUT2D eigenvalue weighted by Gasteiger charge is 2.33. The third kappa shape index (κ3) is 4.75. The van der Waals surface area contributed by atoms with Crippen LogP contribution >= 0.6 is 0 Å². The number of carboxylic acid groups (broad SMARTS) is 1. The molecule has 22 heavy (non-hydrogen) atoms. The summed E-state index contributed by atoms with van der Waals surface area (Å²) in [5, 5.41) is 8.69. The minimum atomic E-state index is -4.40. The minimum absolute atomic E-state index is 0.216. The van der Waals surface area contributed by atoms with Crippen LogP contribution in [0.3, 0.4) is 0 Å². The third-order valence-corrected chi connectivity index (χ3v) is 3.23. The number of rotatable bonds is 5. The molecule has 1 aromatic rings. The van der Waals surface area contributed by atoms with Gasteiger partial charge in [0.05, 0.1) is 5.56 Å². The second-order valence-electron chi connectivity index (χ2n) is 5.81. The van der Waals surface area contributed by atoms with Crippen LogP contribution in [-0.2, 0) is 22.2 Å². The SMILES string of the molecule is CN(CC(=O)O)C(=O)C(C)(C)Cc1ccc(C(F)(F)F)cc1. The molecule has 0 aliphatic heterocycles. The first-order valence-electron chi connectivity index (χ1n) is 6.57. The van der Waals surface area contributed by atoms with Crippen LogP contribution in [-0.4, -0.2) is 35.5 Å². The Kier molecular flexibility index (Phi) is 5.22. The lowest BCUT2D eigenvalue weighted by molar-refractivity contribution is -0.147. The van der Waals surface area contributed by atoms with Gasteiger partial charge >= 0.3 is 12.1 Å². The maximum absolute atomic E-state index is 12.5. The summed E-state index contributed by atoms with van der Waals surface area (Å²) in [4.78, 5) is 23.9. The molecule has 4 nitrogen and oxygen atoms in total. The Balaban J connectivity index is 2.83. The molecular formula is C15H18F3NO3. The standard InChI is InChI=1S/C15H18F3NO3/c1-14(2,13(22)19(3)9-12(20)21)8-10-4-6-11(7-5-10)15(16,17)18/h4-7H,8-9H2,1-3H3,(H,20,21). The minimum Gasteiger partial charge on any atom is -0.480 e. The number of carbonyl (C=O) groups excluding carboxylic acids is 1. The fraction of sp³-hybridized carbons (Fsp3) is 0.467. The van der Waals surface area contributed by atoms with Crippen molar-refractivity contribution in [3.8, 4) is 0 Å². The molecule has 0 aliphatic carbocycles. The maximum Gasteiger partial charge on any atom is 0.416 e. The van der Waals surface area contributed by atoms with E-state index in [9.17, 15) is 22.8 Å². The number of amides is 1. The third-order valence-electron chi connectivity index (χ3n) is 3.23.